The standard InChI is InChI=1S/C30H36O14/c1-30(2,29(37)38)44-28-25(36)24(35)23(34)21(42-28)13-41-22(33)8-5-14-9-16-17(12-31)26(43-27(16)20(10-14)40-4)15-6-7-18(32)19(11-15)39-3/h5-11,17,21,23-26,28,31-32,34-36H,12-13H2,1-4H3,(H,37,38)/t17-,21+,23+,24-,25+,26+,28+/m0/s1. The van der Waals surface area contributed by atoms with E-state index >= 15 is 0 Å². The van der Waals surface area contributed by atoms with Gasteiger partial charge in [0.15, 0.2) is 34.9 Å². The van der Waals surface area contributed by atoms with Gasteiger partial charge in [-0.3, -0.25) is 0 Å². The molecule has 0 unspecified atom stereocenters. The minimum Gasteiger partial charge on any atom is -0.504 e. The molecular formula is C30H36O14. The minimum atomic E-state index is -1.79. The second kappa shape index (κ2) is 13.4. The maximum atomic E-state index is 12.5. The summed E-state index contributed by atoms with van der Waals surface area (Å²) in [7, 11) is 2.87. The van der Waals surface area contributed by atoms with Crippen molar-refractivity contribution in [2.24, 2.45) is 0 Å². The van der Waals surface area contributed by atoms with Gasteiger partial charge in [-0.05, 0) is 55.3 Å². The van der Waals surface area contributed by atoms with E-state index in [2.05, 4.69) is 0 Å². The van der Waals surface area contributed by atoms with E-state index in [0.717, 1.165) is 6.08 Å². The summed E-state index contributed by atoms with van der Waals surface area (Å²) in [4.78, 5) is 23.9. The number of aromatic hydroxyl groups is 1. The summed E-state index contributed by atoms with van der Waals surface area (Å²) in [6.07, 6.45) is -6.20. The zero-order chi connectivity index (χ0) is 32.3. The second-order valence-electron chi connectivity index (χ2n) is 10.8. The second-order valence-corrected chi connectivity index (χ2v) is 10.8. The molecule has 0 spiro atoms. The van der Waals surface area contributed by atoms with Crippen LogP contribution in [-0.2, 0) is 23.8 Å². The van der Waals surface area contributed by atoms with Crippen molar-refractivity contribution in [3.05, 3.63) is 53.1 Å². The molecule has 0 amide bonds. The fraction of sp³-hybridized carbons (Fsp3) is 0.467. The Morgan fingerprint density at radius 1 is 1.00 bits per heavy atom. The molecule has 7 atom stereocenters. The van der Waals surface area contributed by atoms with Crippen LogP contribution in [-0.4, -0.2) is 106 Å². The van der Waals surface area contributed by atoms with Crippen molar-refractivity contribution in [1.82, 2.24) is 0 Å². The number of hydrogen-bond acceptors (Lipinski definition) is 13. The largest absolute Gasteiger partial charge is 0.504 e. The first-order chi connectivity index (χ1) is 20.8. The third-order valence-corrected chi connectivity index (χ3v) is 7.46. The lowest BCUT2D eigenvalue weighted by Crippen LogP contribution is -2.61. The van der Waals surface area contributed by atoms with Crippen LogP contribution >= 0.6 is 0 Å². The number of phenols is 1. The summed E-state index contributed by atoms with van der Waals surface area (Å²) >= 11 is 0. The Labute approximate surface area is 252 Å². The first-order valence-electron chi connectivity index (χ1n) is 13.6. The van der Waals surface area contributed by atoms with E-state index in [0.29, 0.717) is 28.2 Å². The molecular weight excluding hydrogens is 584 g/mol. The first kappa shape index (κ1) is 33.0. The van der Waals surface area contributed by atoms with E-state index in [1.165, 1.54) is 40.2 Å². The Balaban J connectivity index is 1.46. The molecule has 14 heteroatoms. The predicted octanol–water partition coefficient (Wildman–Crippen LogP) is 0.863. The number of methoxy groups -OCH3 is 2. The molecule has 0 aliphatic carbocycles. The molecule has 2 aliphatic rings. The van der Waals surface area contributed by atoms with Gasteiger partial charge >= 0.3 is 11.9 Å². The highest BCUT2D eigenvalue weighted by molar-refractivity contribution is 5.87. The lowest BCUT2D eigenvalue weighted by Gasteiger charge is -2.41. The van der Waals surface area contributed by atoms with Crippen LogP contribution in [0.3, 0.4) is 0 Å². The molecule has 1 fully saturated rings. The first-order valence-corrected chi connectivity index (χ1v) is 13.6. The van der Waals surface area contributed by atoms with Gasteiger partial charge in [-0.25, -0.2) is 9.59 Å². The highest BCUT2D eigenvalue weighted by atomic mass is 16.7. The number of benzene rings is 2. The smallest absolute Gasteiger partial charge is 0.335 e. The van der Waals surface area contributed by atoms with Crippen molar-refractivity contribution in [1.29, 1.82) is 0 Å². The lowest BCUT2D eigenvalue weighted by molar-refractivity contribution is -0.320. The molecule has 240 valence electrons. The number of ether oxygens (including phenoxy) is 6. The van der Waals surface area contributed by atoms with E-state index < -0.39 is 66.9 Å². The van der Waals surface area contributed by atoms with Crippen molar-refractivity contribution < 1.29 is 68.6 Å². The Kier molecular flexibility index (Phi) is 10.0. The number of carbonyl (C=O) groups excluding carboxylic acids is 1. The number of aliphatic hydroxyl groups is 4. The molecule has 2 aliphatic heterocycles. The monoisotopic (exact) mass is 620 g/mol. The number of carboxylic acids is 1. The fourth-order valence-electron chi connectivity index (χ4n) is 4.90. The minimum absolute atomic E-state index is 0.0437. The van der Waals surface area contributed by atoms with Gasteiger partial charge in [0.1, 0.15) is 37.1 Å². The zero-order valence-corrected chi connectivity index (χ0v) is 24.4. The van der Waals surface area contributed by atoms with E-state index in [-0.39, 0.29) is 18.1 Å². The van der Waals surface area contributed by atoms with Crippen LogP contribution in [0.25, 0.3) is 6.08 Å². The van der Waals surface area contributed by atoms with Crippen LogP contribution in [0.5, 0.6) is 23.0 Å². The third kappa shape index (κ3) is 6.75. The molecule has 2 aromatic rings. The summed E-state index contributed by atoms with van der Waals surface area (Å²) in [6, 6.07) is 8.09. The number of aliphatic hydroxyl groups excluding tert-OH is 4. The highest BCUT2D eigenvalue weighted by Gasteiger charge is 2.47. The molecule has 0 saturated carbocycles. The van der Waals surface area contributed by atoms with Gasteiger partial charge in [-0.2, -0.15) is 0 Å². The van der Waals surface area contributed by atoms with Gasteiger partial charge in [0, 0.05) is 11.6 Å². The van der Waals surface area contributed by atoms with Crippen molar-refractivity contribution in [2.45, 2.75) is 62.2 Å². The van der Waals surface area contributed by atoms with Gasteiger partial charge in [0.05, 0.1) is 26.7 Å². The number of hydrogen-bond donors (Lipinski definition) is 6. The van der Waals surface area contributed by atoms with Crippen molar-refractivity contribution in [3.63, 3.8) is 0 Å². The zero-order valence-electron chi connectivity index (χ0n) is 24.4. The quantitative estimate of drug-likeness (QED) is 0.152. The topological polar surface area (TPSA) is 211 Å². The predicted molar refractivity (Wildman–Crippen MR) is 150 cm³/mol. The Hall–Kier alpha value is -3.92. The maximum Gasteiger partial charge on any atom is 0.335 e. The van der Waals surface area contributed by atoms with Gasteiger partial charge in [0.25, 0.3) is 0 Å². The van der Waals surface area contributed by atoms with Crippen LogP contribution in [0, 0.1) is 0 Å². The molecule has 1 saturated heterocycles. The average molecular weight is 621 g/mol. The fourth-order valence-corrected chi connectivity index (χ4v) is 4.90. The number of esters is 1. The van der Waals surface area contributed by atoms with E-state index in [1.807, 2.05) is 0 Å². The van der Waals surface area contributed by atoms with Crippen molar-refractivity contribution in [3.8, 4) is 23.0 Å². The van der Waals surface area contributed by atoms with Gasteiger partial charge in [0.2, 0.25) is 0 Å². The van der Waals surface area contributed by atoms with Crippen LogP contribution in [0.15, 0.2) is 36.4 Å². The van der Waals surface area contributed by atoms with Crippen LogP contribution < -0.4 is 14.2 Å². The summed E-state index contributed by atoms with van der Waals surface area (Å²) in [6.45, 7) is 1.61. The van der Waals surface area contributed by atoms with Crippen LogP contribution in [0.2, 0.25) is 0 Å². The molecule has 0 aromatic heterocycles. The summed E-state index contributed by atoms with van der Waals surface area (Å²) in [5.74, 6) is -1.73. The summed E-state index contributed by atoms with van der Waals surface area (Å²) in [5, 5.41) is 60.2. The number of carbonyl (C=O) groups is 2. The summed E-state index contributed by atoms with van der Waals surface area (Å²) in [5.41, 5.74) is 0.00593. The molecule has 44 heavy (non-hydrogen) atoms. The van der Waals surface area contributed by atoms with Gasteiger partial charge in [-0.1, -0.05) is 6.07 Å². The molecule has 0 bridgehead atoms. The summed E-state index contributed by atoms with van der Waals surface area (Å²) < 4.78 is 32.8. The number of phenolic OH excluding ortho intramolecular Hbond substituents is 1. The number of fused-ring (bicyclic) bond motifs is 1. The number of carboxylic acid groups (broad SMARTS) is 1. The maximum absolute atomic E-state index is 12.5. The SMILES string of the molecule is COc1cc([C@H]2Oc3c(OC)cc(C=CC(=O)OC[C@H]4O[C@H](OC(C)(C)C(=O)O)[C@H](O)[C@@H](O)[C@@H]4O)cc3[C@@H]2CO)ccc1O. The molecule has 4 rings (SSSR count). The Morgan fingerprint density at radius 3 is 2.34 bits per heavy atom. The number of rotatable bonds is 11. The number of aliphatic carboxylic acids is 1. The normalized spacial score (nSPS) is 26.6. The van der Waals surface area contributed by atoms with E-state index in [4.69, 9.17) is 28.4 Å². The van der Waals surface area contributed by atoms with Gasteiger partial charge < -0.3 is 59.1 Å². The van der Waals surface area contributed by atoms with E-state index in [1.54, 1.807) is 24.3 Å². The van der Waals surface area contributed by atoms with Crippen molar-refractivity contribution >= 4 is 18.0 Å². The molecule has 2 aromatic carbocycles. The lowest BCUT2D eigenvalue weighted by atomic mass is 9.90. The third-order valence-electron chi connectivity index (χ3n) is 7.46. The van der Waals surface area contributed by atoms with Crippen LogP contribution in [0.1, 0.15) is 42.6 Å². The Morgan fingerprint density at radius 2 is 1.70 bits per heavy atom. The van der Waals surface area contributed by atoms with Crippen LogP contribution in [0.4, 0.5) is 0 Å². The van der Waals surface area contributed by atoms with E-state index in [9.17, 15) is 40.2 Å². The molecule has 14 nitrogen and oxygen atoms in total. The van der Waals surface area contributed by atoms with Crippen molar-refractivity contribution in [2.75, 3.05) is 27.4 Å². The average Bonchev–Trinajstić information content (AvgIpc) is 3.37. The highest BCUT2D eigenvalue weighted by Crippen LogP contribution is 2.51. The molecule has 2 heterocycles. The molecule has 0 radical (unpaired) electrons. The molecule has 6 N–H and O–H groups in total. The Bertz CT molecular complexity index is 1390. The van der Waals surface area contributed by atoms with Gasteiger partial charge in [-0.15, -0.1) is 0 Å².